The summed E-state index contributed by atoms with van der Waals surface area (Å²) in [5.41, 5.74) is 5.62. The number of hydrogen-bond acceptors (Lipinski definition) is 2. The van der Waals surface area contributed by atoms with Crippen molar-refractivity contribution in [3.05, 3.63) is 0 Å². The Kier molecular flexibility index (Phi) is 7.44. The number of nitrogens with one attached hydrogen (secondary N) is 1. The fourth-order valence-electron chi connectivity index (χ4n) is 1.30. The normalized spacial score (nSPS) is 16.0. The molecule has 0 aromatic carbocycles. The molecule has 0 spiro atoms. The average Bonchev–Trinajstić information content (AvgIpc) is 2.11. The molecule has 16 heavy (non-hydrogen) atoms. The van der Waals surface area contributed by atoms with Crippen LogP contribution in [-0.4, -0.2) is 44.0 Å². The van der Waals surface area contributed by atoms with Gasteiger partial charge in [-0.05, 0) is 18.8 Å². The summed E-state index contributed by atoms with van der Waals surface area (Å²) in [7, 11) is 3.41. The smallest absolute Gasteiger partial charge is 0.243 e. The first-order valence-corrected chi connectivity index (χ1v) is 5.33. The standard InChI is InChI=1S/C10H20N4O.HI/c1-14(2)9(15)7-13-10(11)12-6-8-4-3-5-8;/h8H,3-7H2,1-2H3,(H3,11,12,13);1H. The molecule has 5 nitrogen and oxygen atoms in total. The summed E-state index contributed by atoms with van der Waals surface area (Å²) in [5, 5.41) is 3.04. The maximum atomic E-state index is 11.2. The van der Waals surface area contributed by atoms with Crippen LogP contribution < -0.4 is 11.1 Å². The fourth-order valence-corrected chi connectivity index (χ4v) is 1.30. The second-order valence-electron chi connectivity index (χ2n) is 4.17. The zero-order valence-corrected chi connectivity index (χ0v) is 12.2. The molecule has 0 saturated heterocycles. The molecule has 1 amide bonds. The van der Waals surface area contributed by atoms with Crippen LogP contribution in [0.15, 0.2) is 4.99 Å². The number of halogens is 1. The van der Waals surface area contributed by atoms with E-state index in [2.05, 4.69) is 10.3 Å². The van der Waals surface area contributed by atoms with Crippen LogP contribution in [0.5, 0.6) is 0 Å². The Morgan fingerprint density at radius 1 is 1.50 bits per heavy atom. The maximum absolute atomic E-state index is 11.2. The Balaban J connectivity index is 0.00000225. The van der Waals surface area contributed by atoms with E-state index >= 15 is 0 Å². The van der Waals surface area contributed by atoms with E-state index in [9.17, 15) is 4.79 Å². The molecule has 0 unspecified atom stereocenters. The number of rotatable bonds is 4. The van der Waals surface area contributed by atoms with Crippen molar-refractivity contribution in [2.75, 3.05) is 27.2 Å². The number of carbonyl (C=O) groups excluding carboxylic acids is 1. The second kappa shape index (κ2) is 7.70. The molecule has 0 atom stereocenters. The van der Waals surface area contributed by atoms with Gasteiger partial charge in [0.15, 0.2) is 5.96 Å². The highest BCUT2D eigenvalue weighted by molar-refractivity contribution is 14.0. The van der Waals surface area contributed by atoms with Crippen LogP contribution in [0.4, 0.5) is 0 Å². The summed E-state index contributed by atoms with van der Waals surface area (Å²) >= 11 is 0. The summed E-state index contributed by atoms with van der Waals surface area (Å²) in [6, 6.07) is 0. The van der Waals surface area contributed by atoms with Crippen molar-refractivity contribution in [3.8, 4) is 0 Å². The van der Waals surface area contributed by atoms with Crippen molar-refractivity contribution in [1.82, 2.24) is 10.2 Å². The largest absolute Gasteiger partial charge is 0.370 e. The van der Waals surface area contributed by atoms with E-state index in [-0.39, 0.29) is 36.4 Å². The van der Waals surface area contributed by atoms with Gasteiger partial charge < -0.3 is 16.0 Å². The SMILES string of the molecule is CN(C)C(=O)CN=C(N)NCC1CCC1.I. The number of carbonyl (C=O) groups is 1. The van der Waals surface area contributed by atoms with E-state index in [1.807, 2.05) is 0 Å². The van der Waals surface area contributed by atoms with Gasteiger partial charge in [0.25, 0.3) is 0 Å². The number of nitrogens with two attached hydrogens (primary N) is 1. The molecule has 0 aromatic rings. The molecule has 94 valence electrons. The molecule has 1 aliphatic rings. The van der Waals surface area contributed by atoms with Gasteiger partial charge in [0.1, 0.15) is 6.54 Å². The summed E-state index contributed by atoms with van der Waals surface area (Å²) in [6.07, 6.45) is 3.87. The Morgan fingerprint density at radius 2 is 2.12 bits per heavy atom. The molecule has 1 rings (SSSR count). The summed E-state index contributed by atoms with van der Waals surface area (Å²) < 4.78 is 0. The molecule has 6 heteroatoms. The van der Waals surface area contributed by atoms with Crippen LogP contribution in [0.2, 0.25) is 0 Å². The third-order valence-corrected chi connectivity index (χ3v) is 2.68. The summed E-state index contributed by atoms with van der Waals surface area (Å²) in [5.74, 6) is 1.07. The molecule has 3 N–H and O–H groups in total. The van der Waals surface area contributed by atoms with E-state index in [1.165, 1.54) is 24.2 Å². The van der Waals surface area contributed by atoms with E-state index in [4.69, 9.17) is 5.73 Å². The van der Waals surface area contributed by atoms with Gasteiger partial charge in [0.2, 0.25) is 5.91 Å². The zero-order valence-electron chi connectivity index (χ0n) is 9.90. The first-order chi connectivity index (χ1) is 7.09. The van der Waals surface area contributed by atoms with Crippen LogP contribution in [0.25, 0.3) is 0 Å². The van der Waals surface area contributed by atoms with Gasteiger partial charge >= 0.3 is 0 Å². The third kappa shape index (κ3) is 5.53. The van der Waals surface area contributed by atoms with E-state index in [0.717, 1.165) is 12.5 Å². The molecule has 0 bridgehead atoms. The number of amides is 1. The average molecular weight is 340 g/mol. The topological polar surface area (TPSA) is 70.7 Å². The number of guanidine groups is 1. The fraction of sp³-hybridized carbons (Fsp3) is 0.800. The molecule has 1 aliphatic carbocycles. The first-order valence-electron chi connectivity index (χ1n) is 5.33. The monoisotopic (exact) mass is 340 g/mol. The highest BCUT2D eigenvalue weighted by Crippen LogP contribution is 2.24. The van der Waals surface area contributed by atoms with E-state index in [0.29, 0.717) is 5.96 Å². The molecule has 0 heterocycles. The van der Waals surface area contributed by atoms with Crippen molar-refractivity contribution in [1.29, 1.82) is 0 Å². The van der Waals surface area contributed by atoms with Crippen LogP contribution in [0.3, 0.4) is 0 Å². The highest BCUT2D eigenvalue weighted by Gasteiger charge is 2.16. The predicted octanol–water partition coefficient (Wildman–Crippen LogP) is 0.397. The quantitative estimate of drug-likeness (QED) is 0.442. The molecule has 0 radical (unpaired) electrons. The van der Waals surface area contributed by atoms with E-state index < -0.39 is 0 Å². The maximum Gasteiger partial charge on any atom is 0.243 e. The van der Waals surface area contributed by atoms with E-state index in [1.54, 1.807) is 14.1 Å². The minimum absolute atomic E-state index is 0. The molecular weight excluding hydrogens is 319 g/mol. The number of hydrogen-bond donors (Lipinski definition) is 2. The van der Waals surface area contributed by atoms with Crippen molar-refractivity contribution >= 4 is 35.8 Å². The van der Waals surface area contributed by atoms with Crippen LogP contribution in [0.1, 0.15) is 19.3 Å². The van der Waals surface area contributed by atoms with Crippen LogP contribution in [-0.2, 0) is 4.79 Å². The number of likely N-dealkylation sites (N-methyl/N-ethyl adjacent to an activating group) is 1. The van der Waals surface area contributed by atoms with Gasteiger partial charge in [-0.3, -0.25) is 4.79 Å². The minimum atomic E-state index is -0.0385. The molecule has 0 aliphatic heterocycles. The van der Waals surface area contributed by atoms with Gasteiger partial charge in [-0.25, -0.2) is 4.99 Å². The number of aliphatic imine (C=N–C) groups is 1. The first kappa shape index (κ1) is 15.5. The van der Waals surface area contributed by atoms with Gasteiger partial charge in [-0.15, -0.1) is 24.0 Å². The summed E-state index contributed by atoms with van der Waals surface area (Å²) in [4.78, 5) is 16.7. The Hall–Kier alpha value is -0.530. The molecule has 1 fully saturated rings. The highest BCUT2D eigenvalue weighted by atomic mass is 127. The van der Waals surface area contributed by atoms with Crippen molar-refractivity contribution in [3.63, 3.8) is 0 Å². The van der Waals surface area contributed by atoms with Gasteiger partial charge in [-0.1, -0.05) is 6.42 Å². The lowest BCUT2D eigenvalue weighted by Crippen LogP contribution is -2.38. The van der Waals surface area contributed by atoms with Crippen molar-refractivity contribution in [2.24, 2.45) is 16.6 Å². The van der Waals surface area contributed by atoms with Gasteiger partial charge in [0.05, 0.1) is 0 Å². The Bertz CT molecular complexity index is 251. The molecular formula is C10H21IN4O. The molecule has 1 saturated carbocycles. The summed E-state index contributed by atoms with van der Waals surface area (Å²) in [6.45, 7) is 1.00. The lowest BCUT2D eigenvalue weighted by Gasteiger charge is -2.25. The van der Waals surface area contributed by atoms with Crippen LogP contribution >= 0.6 is 24.0 Å². The molecule has 0 aromatic heterocycles. The second-order valence-corrected chi connectivity index (χ2v) is 4.17. The minimum Gasteiger partial charge on any atom is -0.370 e. The Morgan fingerprint density at radius 3 is 2.56 bits per heavy atom. The predicted molar refractivity (Wildman–Crippen MR) is 75.9 cm³/mol. The van der Waals surface area contributed by atoms with Crippen molar-refractivity contribution in [2.45, 2.75) is 19.3 Å². The third-order valence-electron chi connectivity index (χ3n) is 2.68. The lowest BCUT2D eigenvalue weighted by molar-refractivity contribution is -0.127. The number of nitrogens with zero attached hydrogens (tertiary/aromatic N) is 2. The van der Waals surface area contributed by atoms with Gasteiger partial charge in [0, 0.05) is 20.6 Å². The lowest BCUT2D eigenvalue weighted by atomic mass is 9.85. The van der Waals surface area contributed by atoms with Gasteiger partial charge in [-0.2, -0.15) is 0 Å². The van der Waals surface area contributed by atoms with Crippen molar-refractivity contribution < 1.29 is 4.79 Å². The van der Waals surface area contributed by atoms with Crippen LogP contribution in [0, 0.1) is 5.92 Å². The zero-order chi connectivity index (χ0) is 11.3. The Labute approximate surface area is 114 Å².